The van der Waals surface area contributed by atoms with Gasteiger partial charge in [-0.3, -0.25) is 0 Å². The molecule has 0 saturated carbocycles. The normalized spacial score (nSPS) is 12.4. The minimum Gasteiger partial charge on any atom is -0.316 e. The lowest BCUT2D eigenvalue weighted by atomic mass is 9.91. The van der Waals surface area contributed by atoms with Gasteiger partial charge in [0.05, 0.1) is 5.02 Å². The minimum atomic E-state index is -0.308. The first-order valence-electron chi connectivity index (χ1n) is 7.01. The molecule has 0 fully saturated rings. The van der Waals surface area contributed by atoms with Crippen LogP contribution in [0.3, 0.4) is 0 Å². The molecule has 0 heterocycles. The Labute approximate surface area is 138 Å². The van der Waals surface area contributed by atoms with Crippen LogP contribution in [-0.4, -0.2) is 13.1 Å². The van der Waals surface area contributed by atoms with Gasteiger partial charge in [-0.05, 0) is 42.3 Å². The maximum atomic E-state index is 14.1. The summed E-state index contributed by atoms with van der Waals surface area (Å²) in [5.41, 5.74) is 1.85. The highest BCUT2D eigenvalue weighted by molar-refractivity contribution is 9.10. The maximum absolute atomic E-state index is 14.1. The van der Waals surface area contributed by atoms with Gasteiger partial charge in [-0.15, -0.1) is 0 Å². The largest absolute Gasteiger partial charge is 0.316 e. The zero-order valence-electron chi connectivity index (χ0n) is 11.9. The van der Waals surface area contributed by atoms with Crippen LogP contribution in [0, 0.1) is 5.82 Å². The molecule has 0 aliphatic heterocycles. The molecule has 0 aromatic heterocycles. The van der Waals surface area contributed by atoms with Crippen molar-refractivity contribution >= 4 is 27.5 Å². The average Bonchev–Trinajstić information content (AvgIpc) is 2.49. The van der Waals surface area contributed by atoms with Gasteiger partial charge in [-0.1, -0.05) is 58.7 Å². The molecular formula is C17H18BrClFN. The van der Waals surface area contributed by atoms with Crippen LogP contribution in [0.4, 0.5) is 4.39 Å². The number of likely N-dealkylation sites (N-methyl/N-ethyl adjacent to an activating group) is 1. The Morgan fingerprint density at radius 1 is 1.19 bits per heavy atom. The van der Waals surface area contributed by atoms with Crippen molar-refractivity contribution in [3.63, 3.8) is 0 Å². The topological polar surface area (TPSA) is 12.0 Å². The van der Waals surface area contributed by atoms with E-state index in [9.17, 15) is 4.39 Å². The van der Waals surface area contributed by atoms with Gasteiger partial charge in [0.2, 0.25) is 0 Å². The number of benzene rings is 2. The second kappa shape index (κ2) is 7.92. The summed E-state index contributed by atoms with van der Waals surface area (Å²) in [5.74, 6) is -0.0937. The fourth-order valence-corrected chi connectivity index (χ4v) is 2.79. The third-order valence-electron chi connectivity index (χ3n) is 3.48. The van der Waals surface area contributed by atoms with E-state index in [4.69, 9.17) is 11.6 Å². The maximum Gasteiger partial charge on any atom is 0.144 e. The summed E-state index contributed by atoms with van der Waals surface area (Å²) in [6.45, 7) is 3.77. The molecule has 4 heteroatoms. The Hall–Kier alpha value is -0.900. The Morgan fingerprint density at radius 3 is 2.57 bits per heavy atom. The van der Waals surface area contributed by atoms with Crippen molar-refractivity contribution in [1.82, 2.24) is 5.32 Å². The van der Waals surface area contributed by atoms with Crippen molar-refractivity contribution < 1.29 is 4.39 Å². The summed E-state index contributed by atoms with van der Waals surface area (Å²) in [4.78, 5) is 0. The summed E-state index contributed by atoms with van der Waals surface area (Å²) < 4.78 is 15.1. The van der Waals surface area contributed by atoms with Crippen LogP contribution in [0.2, 0.25) is 5.02 Å². The van der Waals surface area contributed by atoms with E-state index >= 15 is 0 Å². The number of halogens is 3. The van der Waals surface area contributed by atoms with Crippen molar-refractivity contribution in [3.05, 3.63) is 68.9 Å². The first-order valence-corrected chi connectivity index (χ1v) is 8.18. The fourth-order valence-electron chi connectivity index (χ4n) is 2.33. The van der Waals surface area contributed by atoms with Crippen molar-refractivity contribution in [2.75, 3.05) is 13.1 Å². The highest BCUT2D eigenvalue weighted by Crippen LogP contribution is 2.26. The van der Waals surface area contributed by atoms with Gasteiger partial charge < -0.3 is 5.32 Å². The molecule has 2 rings (SSSR count). The molecular weight excluding hydrogens is 353 g/mol. The Bertz CT molecular complexity index is 586. The highest BCUT2D eigenvalue weighted by atomic mass is 79.9. The zero-order chi connectivity index (χ0) is 15.2. The van der Waals surface area contributed by atoms with Crippen LogP contribution in [-0.2, 0) is 6.42 Å². The molecule has 0 bridgehead atoms. The molecule has 0 radical (unpaired) electrons. The molecule has 0 spiro atoms. The molecule has 2 aromatic carbocycles. The van der Waals surface area contributed by atoms with Gasteiger partial charge in [0.25, 0.3) is 0 Å². The van der Waals surface area contributed by atoms with Crippen LogP contribution >= 0.6 is 27.5 Å². The summed E-state index contributed by atoms with van der Waals surface area (Å²) in [6, 6.07) is 13.4. The lowest BCUT2D eigenvalue weighted by Gasteiger charge is -2.19. The number of hydrogen-bond acceptors (Lipinski definition) is 1. The standard InChI is InChI=1S/C17H18BrClFN/c1-2-21-11-14(12-6-8-15(18)9-7-12)10-13-4-3-5-16(19)17(13)20/h3-9,14,21H,2,10-11H2,1H3. The molecule has 0 aliphatic rings. The van der Waals surface area contributed by atoms with Crippen LogP contribution in [0.1, 0.15) is 24.0 Å². The monoisotopic (exact) mass is 369 g/mol. The lowest BCUT2D eigenvalue weighted by Crippen LogP contribution is -2.23. The van der Waals surface area contributed by atoms with Gasteiger partial charge in [0.15, 0.2) is 0 Å². The van der Waals surface area contributed by atoms with Crippen molar-refractivity contribution in [3.8, 4) is 0 Å². The molecule has 1 atom stereocenters. The summed E-state index contributed by atoms with van der Waals surface area (Å²) >= 11 is 9.31. The summed E-state index contributed by atoms with van der Waals surface area (Å²) in [7, 11) is 0. The molecule has 0 aliphatic carbocycles. The molecule has 112 valence electrons. The SMILES string of the molecule is CCNCC(Cc1cccc(Cl)c1F)c1ccc(Br)cc1. The molecule has 0 amide bonds. The first-order chi connectivity index (χ1) is 10.1. The Balaban J connectivity index is 2.23. The van der Waals surface area contributed by atoms with Crippen LogP contribution < -0.4 is 5.32 Å². The van der Waals surface area contributed by atoms with Gasteiger partial charge in [0.1, 0.15) is 5.82 Å². The first kappa shape index (κ1) is 16.5. The van der Waals surface area contributed by atoms with E-state index < -0.39 is 0 Å². The summed E-state index contributed by atoms with van der Waals surface area (Å²) in [6.07, 6.45) is 0.626. The van der Waals surface area contributed by atoms with Crippen LogP contribution in [0.5, 0.6) is 0 Å². The van der Waals surface area contributed by atoms with E-state index in [1.54, 1.807) is 18.2 Å². The number of rotatable bonds is 6. The zero-order valence-corrected chi connectivity index (χ0v) is 14.2. The second-order valence-electron chi connectivity index (χ2n) is 4.97. The Morgan fingerprint density at radius 2 is 1.90 bits per heavy atom. The number of nitrogens with one attached hydrogen (secondary N) is 1. The van der Waals surface area contributed by atoms with E-state index in [-0.39, 0.29) is 16.8 Å². The molecule has 0 saturated heterocycles. The van der Waals surface area contributed by atoms with Crippen molar-refractivity contribution in [2.24, 2.45) is 0 Å². The van der Waals surface area contributed by atoms with E-state index in [1.807, 2.05) is 12.1 Å². The molecule has 1 unspecified atom stereocenters. The van der Waals surface area contributed by atoms with E-state index in [0.29, 0.717) is 12.0 Å². The second-order valence-corrected chi connectivity index (χ2v) is 6.30. The fraction of sp³-hybridized carbons (Fsp3) is 0.294. The van der Waals surface area contributed by atoms with E-state index in [1.165, 1.54) is 5.56 Å². The van der Waals surface area contributed by atoms with Gasteiger partial charge >= 0.3 is 0 Å². The lowest BCUT2D eigenvalue weighted by molar-refractivity contribution is 0.562. The van der Waals surface area contributed by atoms with Gasteiger partial charge in [-0.2, -0.15) is 0 Å². The van der Waals surface area contributed by atoms with Crippen LogP contribution in [0.15, 0.2) is 46.9 Å². The van der Waals surface area contributed by atoms with E-state index in [0.717, 1.165) is 17.6 Å². The summed E-state index contributed by atoms with van der Waals surface area (Å²) in [5, 5.41) is 3.53. The quantitative estimate of drug-likeness (QED) is 0.739. The smallest absolute Gasteiger partial charge is 0.144 e. The predicted molar refractivity (Wildman–Crippen MR) is 90.5 cm³/mol. The van der Waals surface area contributed by atoms with Gasteiger partial charge in [0, 0.05) is 16.9 Å². The molecule has 2 aromatic rings. The molecule has 21 heavy (non-hydrogen) atoms. The third-order valence-corrected chi connectivity index (χ3v) is 4.30. The van der Waals surface area contributed by atoms with Gasteiger partial charge in [-0.25, -0.2) is 4.39 Å². The molecule has 1 nitrogen and oxygen atoms in total. The highest BCUT2D eigenvalue weighted by Gasteiger charge is 2.15. The van der Waals surface area contributed by atoms with Crippen molar-refractivity contribution in [1.29, 1.82) is 0 Å². The number of hydrogen-bond donors (Lipinski definition) is 1. The Kier molecular flexibility index (Phi) is 6.22. The third kappa shape index (κ3) is 4.53. The minimum absolute atomic E-state index is 0.186. The average molecular weight is 371 g/mol. The van der Waals surface area contributed by atoms with Crippen molar-refractivity contribution in [2.45, 2.75) is 19.3 Å². The van der Waals surface area contributed by atoms with Crippen LogP contribution in [0.25, 0.3) is 0 Å². The van der Waals surface area contributed by atoms with E-state index in [2.05, 4.69) is 40.3 Å². The predicted octanol–water partition coefficient (Wildman–Crippen LogP) is 5.18. The molecule has 1 N–H and O–H groups in total.